The van der Waals surface area contributed by atoms with Gasteiger partial charge in [-0.15, -0.1) is 11.3 Å². The highest BCUT2D eigenvalue weighted by atomic mass is 32.1. The first kappa shape index (κ1) is 13.4. The van der Waals surface area contributed by atoms with Crippen molar-refractivity contribution < 1.29 is 4.74 Å². The van der Waals surface area contributed by atoms with Gasteiger partial charge >= 0.3 is 0 Å². The highest BCUT2D eigenvalue weighted by Crippen LogP contribution is 2.27. The quantitative estimate of drug-likeness (QED) is 0.890. The molecule has 0 saturated carbocycles. The van der Waals surface area contributed by atoms with Gasteiger partial charge in [0.25, 0.3) is 0 Å². The summed E-state index contributed by atoms with van der Waals surface area (Å²) in [6, 6.07) is 12.0. The third-order valence-corrected chi connectivity index (χ3v) is 4.04. The van der Waals surface area contributed by atoms with Crippen LogP contribution in [0, 0.1) is 18.3 Å². The van der Waals surface area contributed by atoms with Gasteiger partial charge < -0.3 is 10.1 Å². The van der Waals surface area contributed by atoms with Gasteiger partial charge in [0.15, 0.2) is 6.61 Å². The maximum atomic E-state index is 8.45. The number of anilines is 1. The molecule has 1 unspecified atom stereocenters. The molecule has 1 aromatic heterocycles. The Morgan fingerprint density at radius 2 is 2.05 bits per heavy atom. The minimum Gasteiger partial charge on any atom is -0.479 e. The molecular formula is C15H16N2OS. The average Bonchev–Trinajstić information content (AvgIpc) is 2.84. The minimum absolute atomic E-state index is 0.0809. The Kier molecular flexibility index (Phi) is 4.43. The highest BCUT2D eigenvalue weighted by molar-refractivity contribution is 7.10. The second kappa shape index (κ2) is 6.26. The van der Waals surface area contributed by atoms with E-state index in [1.54, 1.807) is 11.3 Å². The van der Waals surface area contributed by atoms with Crippen molar-refractivity contribution in [2.24, 2.45) is 0 Å². The van der Waals surface area contributed by atoms with Crippen LogP contribution in [0.3, 0.4) is 0 Å². The first-order chi connectivity index (χ1) is 9.20. The van der Waals surface area contributed by atoms with Crippen molar-refractivity contribution in [3.05, 3.63) is 46.2 Å². The summed E-state index contributed by atoms with van der Waals surface area (Å²) in [4.78, 5) is 1.35. The average molecular weight is 272 g/mol. The molecule has 3 nitrogen and oxygen atoms in total. The van der Waals surface area contributed by atoms with Gasteiger partial charge in [0.2, 0.25) is 0 Å². The Labute approximate surface area is 117 Å². The number of nitriles is 1. The van der Waals surface area contributed by atoms with Gasteiger partial charge in [0.1, 0.15) is 11.8 Å². The highest BCUT2D eigenvalue weighted by Gasteiger charge is 2.09. The molecule has 0 aliphatic rings. The fraction of sp³-hybridized carbons (Fsp3) is 0.267. The third kappa shape index (κ3) is 3.49. The molecule has 2 aromatic rings. The zero-order valence-corrected chi connectivity index (χ0v) is 11.8. The lowest BCUT2D eigenvalue weighted by atomic mass is 10.2. The molecule has 1 atom stereocenters. The predicted molar refractivity (Wildman–Crippen MR) is 78.6 cm³/mol. The van der Waals surface area contributed by atoms with E-state index in [0.29, 0.717) is 5.75 Å². The van der Waals surface area contributed by atoms with Gasteiger partial charge in [-0.3, -0.25) is 0 Å². The maximum absolute atomic E-state index is 8.45. The van der Waals surface area contributed by atoms with E-state index in [-0.39, 0.29) is 12.6 Å². The first-order valence-corrected chi connectivity index (χ1v) is 6.99. The summed E-state index contributed by atoms with van der Waals surface area (Å²) in [7, 11) is 0. The number of nitrogens with one attached hydrogen (secondary N) is 1. The van der Waals surface area contributed by atoms with Crippen LogP contribution in [0.1, 0.15) is 23.4 Å². The molecule has 1 aromatic carbocycles. The third-order valence-electron chi connectivity index (χ3n) is 2.84. The van der Waals surface area contributed by atoms with Crippen LogP contribution in [0.15, 0.2) is 35.7 Å². The summed E-state index contributed by atoms with van der Waals surface area (Å²) in [5.41, 5.74) is 2.36. The number of hydrogen-bond acceptors (Lipinski definition) is 4. The van der Waals surface area contributed by atoms with Crippen LogP contribution < -0.4 is 10.1 Å². The zero-order valence-electron chi connectivity index (χ0n) is 11.0. The van der Waals surface area contributed by atoms with Gasteiger partial charge in [-0.25, -0.2) is 0 Å². The van der Waals surface area contributed by atoms with Gasteiger partial charge in [-0.05, 0) is 55.1 Å². The molecule has 0 saturated heterocycles. The lowest BCUT2D eigenvalue weighted by molar-refractivity contribution is 0.368. The molecule has 0 radical (unpaired) electrons. The van der Waals surface area contributed by atoms with E-state index in [9.17, 15) is 0 Å². The second-order valence-corrected chi connectivity index (χ2v) is 5.25. The number of hydrogen-bond donors (Lipinski definition) is 1. The molecule has 1 heterocycles. The van der Waals surface area contributed by atoms with Crippen molar-refractivity contribution in [2.75, 3.05) is 11.9 Å². The van der Waals surface area contributed by atoms with Crippen molar-refractivity contribution in [1.82, 2.24) is 0 Å². The van der Waals surface area contributed by atoms with E-state index < -0.39 is 0 Å². The SMILES string of the molecule is Cc1ccsc1C(C)Nc1ccc(OCC#N)cc1. The molecule has 98 valence electrons. The Balaban J connectivity index is 2.00. The standard InChI is InChI=1S/C15H16N2OS/c1-11-7-10-19-15(11)12(2)17-13-3-5-14(6-4-13)18-9-8-16/h3-7,10,12,17H,9H2,1-2H3. The Bertz CT molecular complexity index is 569. The lowest BCUT2D eigenvalue weighted by Crippen LogP contribution is -2.05. The van der Waals surface area contributed by atoms with Gasteiger partial charge in [-0.1, -0.05) is 0 Å². The smallest absolute Gasteiger partial charge is 0.174 e. The van der Waals surface area contributed by atoms with Crippen molar-refractivity contribution in [1.29, 1.82) is 5.26 Å². The number of ether oxygens (including phenoxy) is 1. The van der Waals surface area contributed by atoms with Gasteiger partial charge in [0.05, 0.1) is 6.04 Å². The lowest BCUT2D eigenvalue weighted by Gasteiger charge is -2.15. The van der Waals surface area contributed by atoms with Crippen LogP contribution in [-0.4, -0.2) is 6.61 Å². The summed E-state index contributed by atoms with van der Waals surface area (Å²) < 4.78 is 5.22. The molecule has 0 spiro atoms. The molecule has 0 amide bonds. The molecule has 0 aliphatic heterocycles. The number of rotatable bonds is 5. The second-order valence-electron chi connectivity index (χ2n) is 4.31. The Morgan fingerprint density at radius 1 is 1.32 bits per heavy atom. The summed E-state index contributed by atoms with van der Waals surface area (Å²) in [5, 5.41) is 14.0. The number of aryl methyl sites for hydroxylation is 1. The van der Waals surface area contributed by atoms with E-state index in [4.69, 9.17) is 10.00 Å². The van der Waals surface area contributed by atoms with Crippen LogP contribution in [0.5, 0.6) is 5.75 Å². The van der Waals surface area contributed by atoms with E-state index >= 15 is 0 Å². The molecule has 0 aliphatic carbocycles. The number of nitrogens with zero attached hydrogens (tertiary/aromatic N) is 1. The zero-order chi connectivity index (χ0) is 13.7. The van der Waals surface area contributed by atoms with E-state index in [1.165, 1.54) is 10.4 Å². The Morgan fingerprint density at radius 3 is 2.63 bits per heavy atom. The first-order valence-electron chi connectivity index (χ1n) is 6.11. The number of thiophene rings is 1. The summed E-state index contributed by atoms with van der Waals surface area (Å²) >= 11 is 1.77. The molecular weight excluding hydrogens is 256 g/mol. The van der Waals surface area contributed by atoms with Crippen LogP contribution in [0.25, 0.3) is 0 Å². The summed E-state index contributed by atoms with van der Waals surface area (Å²) in [6.07, 6.45) is 0. The largest absolute Gasteiger partial charge is 0.479 e. The van der Waals surface area contributed by atoms with Crippen LogP contribution in [0.4, 0.5) is 5.69 Å². The molecule has 4 heteroatoms. The van der Waals surface area contributed by atoms with E-state index in [0.717, 1.165) is 5.69 Å². The minimum atomic E-state index is 0.0809. The van der Waals surface area contributed by atoms with Crippen molar-refractivity contribution >= 4 is 17.0 Å². The number of benzene rings is 1. The van der Waals surface area contributed by atoms with Gasteiger partial charge in [-0.2, -0.15) is 5.26 Å². The van der Waals surface area contributed by atoms with Crippen LogP contribution in [-0.2, 0) is 0 Å². The fourth-order valence-electron chi connectivity index (χ4n) is 1.91. The van der Waals surface area contributed by atoms with E-state index in [2.05, 4.69) is 30.6 Å². The van der Waals surface area contributed by atoms with Crippen LogP contribution >= 0.6 is 11.3 Å². The normalized spacial score (nSPS) is 11.6. The molecule has 19 heavy (non-hydrogen) atoms. The van der Waals surface area contributed by atoms with Crippen LogP contribution in [0.2, 0.25) is 0 Å². The van der Waals surface area contributed by atoms with Crippen molar-refractivity contribution in [3.8, 4) is 11.8 Å². The van der Waals surface area contributed by atoms with E-state index in [1.807, 2.05) is 30.3 Å². The predicted octanol–water partition coefficient (Wildman–Crippen LogP) is 4.13. The summed E-state index contributed by atoms with van der Waals surface area (Å²) in [5.74, 6) is 0.715. The molecule has 0 bridgehead atoms. The molecule has 1 N–H and O–H groups in total. The topological polar surface area (TPSA) is 45.0 Å². The monoisotopic (exact) mass is 272 g/mol. The van der Waals surface area contributed by atoms with Crippen molar-refractivity contribution in [3.63, 3.8) is 0 Å². The fourth-order valence-corrected chi connectivity index (χ4v) is 2.84. The molecule has 2 rings (SSSR count). The van der Waals surface area contributed by atoms with Gasteiger partial charge in [0, 0.05) is 10.6 Å². The maximum Gasteiger partial charge on any atom is 0.174 e. The van der Waals surface area contributed by atoms with Crippen molar-refractivity contribution in [2.45, 2.75) is 19.9 Å². The Hall–Kier alpha value is -1.99. The summed E-state index contributed by atoms with van der Waals surface area (Å²) in [6.45, 7) is 4.36. The molecule has 0 fully saturated rings.